The molecular weight excluding hydrogens is 158 g/mol. The molecule has 1 aromatic rings. The van der Waals surface area contributed by atoms with Crippen LogP contribution in [-0.2, 0) is 5.41 Å². The lowest BCUT2D eigenvalue weighted by atomic mass is 9.89. The van der Waals surface area contributed by atoms with Gasteiger partial charge in [0.2, 0.25) is 0 Å². The van der Waals surface area contributed by atoms with E-state index < -0.39 is 0 Å². The molecule has 1 aliphatic heterocycles. The fourth-order valence-electron chi connectivity index (χ4n) is 2.99. The molecule has 2 fully saturated rings. The van der Waals surface area contributed by atoms with Crippen LogP contribution < -0.4 is 5.32 Å². The van der Waals surface area contributed by atoms with E-state index in [1.807, 2.05) is 0 Å². The highest BCUT2D eigenvalue weighted by atomic mass is 15.0. The molecule has 1 N–H and O–H groups in total. The lowest BCUT2D eigenvalue weighted by Crippen LogP contribution is -2.31. The van der Waals surface area contributed by atoms with Crippen LogP contribution in [0.25, 0.3) is 0 Å². The lowest BCUT2D eigenvalue weighted by Gasteiger charge is -2.19. The standard InChI is InChI=1S/C12H15N/c1-9-12(7-11(12)8-13-9)10-5-3-2-4-6-10/h2-6,9,11,13H,7-8H2,1H3/t9-,11+,12-/m1/s1. The highest BCUT2D eigenvalue weighted by molar-refractivity contribution is 5.38. The first-order valence-corrected chi connectivity index (χ1v) is 5.13. The fourth-order valence-corrected chi connectivity index (χ4v) is 2.99. The van der Waals surface area contributed by atoms with E-state index in [0.29, 0.717) is 11.5 Å². The second kappa shape index (κ2) is 2.36. The third kappa shape index (κ3) is 0.856. The van der Waals surface area contributed by atoms with Gasteiger partial charge in [-0.05, 0) is 31.4 Å². The van der Waals surface area contributed by atoms with E-state index in [2.05, 4.69) is 42.6 Å². The van der Waals surface area contributed by atoms with Crippen molar-refractivity contribution in [1.29, 1.82) is 0 Å². The summed E-state index contributed by atoms with van der Waals surface area (Å²) in [6.45, 7) is 3.54. The maximum atomic E-state index is 3.56. The van der Waals surface area contributed by atoms with Crippen molar-refractivity contribution in [1.82, 2.24) is 5.32 Å². The third-order valence-electron chi connectivity index (χ3n) is 3.91. The van der Waals surface area contributed by atoms with Crippen molar-refractivity contribution in [3.8, 4) is 0 Å². The van der Waals surface area contributed by atoms with Crippen LogP contribution in [0.4, 0.5) is 0 Å². The van der Waals surface area contributed by atoms with Gasteiger partial charge >= 0.3 is 0 Å². The minimum Gasteiger partial charge on any atom is -0.313 e. The monoisotopic (exact) mass is 173 g/mol. The van der Waals surface area contributed by atoms with Crippen LogP contribution in [0.1, 0.15) is 18.9 Å². The van der Waals surface area contributed by atoms with Crippen LogP contribution in [0.2, 0.25) is 0 Å². The van der Waals surface area contributed by atoms with E-state index >= 15 is 0 Å². The van der Waals surface area contributed by atoms with E-state index in [0.717, 1.165) is 5.92 Å². The SMILES string of the molecule is C[C@H]1NC[C@@H]2C[C@@]21c1ccccc1. The predicted octanol–water partition coefficient (Wildman–Crippen LogP) is 1.94. The van der Waals surface area contributed by atoms with Crippen molar-refractivity contribution >= 4 is 0 Å². The summed E-state index contributed by atoms with van der Waals surface area (Å²) >= 11 is 0. The highest BCUT2D eigenvalue weighted by Gasteiger charge is 2.61. The molecule has 0 spiro atoms. The number of benzene rings is 1. The Morgan fingerprint density at radius 1 is 1.31 bits per heavy atom. The Hall–Kier alpha value is -0.820. The van der Waals surface area contributed by atoms with Gasteiger partial charge in [-0.3, -0.25) is 0 Å². The molecule has 1 saturated carbocycles. The topological polar surface area (TPSA) is 12.0 Å². The summed E-state index contributed by atoms with van der Waals surface area (Å²) in [5.74, 6) is 0.907. The second-order valence-corrected chi connectivity index (χ2v) is 4.44. The molecule has 1 aliphatic carbocycles. The number of hydrogen-bond acceptors (Lipinski definition) is 1. The number of hydrogen-bond donors (Lipinski definition) is 1. The fraction of sp³-hybridized carbons (Fsp3) is 0.500. The zero-order valence-electron chi connectivity index (χ0n) is 7.96. The molecule has 1 nitrogen and oxygen atoms in total. The summed E-state index contributed by atoms with van der Waals surface area (Å²) in [6.07, 6.45) is 1.39. The Morgan fingerprint density at radius 2 is 2.08 bits per heavy atom. The average molecular weight is 173 g/mol. The zero-order chi connectivity index (χ0) is 8.89. The molecule has 0 radical (unpaired) electrons. The molecule has 1 aromatic carbocycles. The highest BCUT2D eigenvalue weighted by Crippen LogP contribution is 2.59. The number of piperidine rings is 1. The summed E-state index contributed by atoms with van der Waals surface area (Å²) in [5, 5.41) is 3.56. The van der Waals surface area contributed by atoms with Gasteiger partial charge in [-0.1, -0.05) is 30.3 Å². The van der Waals surface area contributed by atoms with Gasteiger partial charge in [0.25, 0.3) is 0 Å². The van der Waals surface area contributed by atoms with Crippen LogP contribution in [0, 0.1) is 5.92 Å². The Labute approximate surface area is 79.2 Å². The quantitative estimate of drug-likeness (QED) is 0.684. The Morgan fingerprint density at radius 3 is 2.62 bits per heavy atom. The van der Waals surface area contributed by atoms with E-state index in [1.54, 1.807) is 0 Å². The van der Waals surface area contributed by atoms with Crippen molar-refractivity contribution in [3.05, 3.63) is 35.9 Å². The van der Waals surface area contributed by atoms with Crippen molar-refractivity contribution in [2.24, 2.45) is 5.92 Å². The lowest BCUT2D eigenvalue weighted by molar-refractivity contribution is 0.520. The van der Waals surface area contributed by atoms with E-state index in [9.17, 15) is 0 Å². The van der Waals surface area contributed by atoms with E-state index in [1.165, 1.54) is 18.5 Å². The van der Waals surface area contributed by atoms with Crippen LogP contribution in [0.3, 0.4) is 0 Å². The smallest absolute Gasteiger partial charge is 0.0148 e. The molecule has 0 aromatic heterocycles. The molecule has 1 heteroatoms. The summed E-state index contributed by atoms with van der Waals surface area (Å²) in [6, 6.07) is 11.6. The van der Waals surface area contributed by atoms with Gasteiger partial charge in [0.15, 0.2) is 0 Å². The van der Waals surface area contributed by atoms with Crippen LogP contribution in [0.15, 0.2) is 30.3 Å². The van der Waals surface area contributed by atoms with Gasteiger partial charge < -0.3 is 5.32 Å². The molecule has 1 heterocycles. The first kappa shape index (κ1) is 7.57. The Bertz CT molecular complexity index is 319. The molecule has 0 amide bonds. The Balaban J connectivity index is 2.02. The number of rotatable bonds is 1. The van der Waals surface area contributed by atoms with Gasteiger partial charge in [-0.15, -0.1) is 0 Å². The molecule has 1 saturated heterocycles. The van der Waals surface area contributed by atoms with Crippen molar-refractivity contribution in [2.45, 2.75) is 24.8 Å². The van der Waals surface area contributed by atoms with Gasteiger partial charge in [0.05, 0.1) is 0 Å². The third-order valence-corrected chi connectivity index (χ3v) is 3.91. The van der Waals surface area contributed by atoms with Crippen LogP contribution in [-0.4, -0.2) is 12.6 Å². The molecule has 3 atom stereocenters. The molecule has 0 bridgehead atoms. The maximum Gasteiger partial charge on any atom is 0.0148 e. The van der Waals surface area contributed by atoms with Crippen LogP contribution >= 0.6 is 0 Å². The van der Waals surface area contributed by atoms with Gasteiger partial charge in [-0.25, -0.2) is 0 Å². The maximum absolute atomic E-state index is 3.56. The summed E-state index contributed by atoms with van der Waals surface area (Å²) in [5.41, 5.74) is 2.04. The van der Waals surface area contributed by atoms with Gasteiger partial charge in [0, 0.05) is 11.5 Å². The molecule has 2 aliphatic rings. The first-order valence-electron chi connectivity index (χ1n) is 5.13. The van der Waals surface area contributed by atoms with Crippen molar-refractivity contribution in [3.63, 3.8) is 0 Å². The summed E-state index contributed by atoms with van der Waals surface area (Å²) in [4.78, 5) is 0. The average Bonchev–Trinajstić information content (AvgIpc) is 2.84. The molecule has 0 unspecified atom stereocenters. The molecule has 13 heavy (non-hydrogen) atoms. The minimum absolute atomic E-state index is 0.501. The van der Waals surface area contributed by atoms with Crippen molar-refractivity contribution < 1.29 is 0 Å². The zero-order valence-corrected chi connectivity index (χ0v) is 7.96. The largest absolute Gasteiger partial charge is 0.313 e. The van der Waals surface area contributed by atoms with E-state index in [4.69, 9.17) is 0 Å². The first-order chi connectivity index (χ1) is 6.34. The molecule has 68 valence electrons. The summed E-state index contributed by atoms with van der Waals surface area (Å²) < 4.78 is 0. The Kier molecular flexibility index (Phi) is 1.37. The van der Waals surface area contributed by atoms with Crippen LogP contribution in [0.5, 0.6) is 0 Å². The normalized spacial score (nSPS) is 41.6. The minimum atomic E-state index is 0.501. The van der Waals surface area contributed by atoms with Gasteiger partial charge in [0.1, 0.15) is 0 Å². The number of fused-ring (bicyclic) bond motifs is 1. The second-order valence-electron chi connectivity index (χ2n) is 4.44. The molecular formula is C12H15N. The number of nitrogens with one attached hydrogen (secondary N) is 1. The summed E-state index contributed by atoms with van der Waals surface area (Å²) in [7, 11) is 0. The van der Waals surface area contributed by atoms with Gasteiger partial charge in [-0.2, -0.15) is 0 Å². The predicted molar refractivity (Wildman–Crippen MR) is 53.7 cm³/mol. The van der Waals surface area contributed by atoms with E-state index in [-0.39, 0.29) is 0 Å². The van der Waals surface area contributed by atoms with Crippen molar-refractivity contribution in [2.75, 3.05) is 6.54 Å². The molecule has 3 rings (SSSR count).